The molecule has 0 aliphatic carbocycles. The van der Waals surface area contributed by atoms with Gasteiger partial charge in [0.25, 0.3) is 0 Å². The fourth-order valence-electron chi connectivity index (χ4n) is 1.87. The zero-order valence-corrected chi connectivity index (χ0v) is 9.94. The minimum absolute atomic E-state index is 0.559. The van der Waals surface area contributed by atoms with Gasteiger partial charge in [-0.1, -0.05) is 6.92 Å². The molecule has 2 rings (SSSR count). The Labute approximate surface area is 94.9 Å². The summed E-state index contributed by atoms with van der Waals surface area (Å²) in [7, 11) is 1.94. The molecule has 0 aromatic carbocycles. The van der Waals surface area contributed by atoms with Gasteiger partial charge in [0, 0.05) is 24.5 Å². The molecule has 0 aliphatic rings. The van der Waals surface area contributed by atoms with Gasteiger partial charge in [-0.25, -0.2) is 4.98 Å². The summed E-state index contributed by atoms with van der Waals surface area (Å²) >= 11 is 0. The van der Waals surface area contributed by atoms with Crippen LogP contribution in [0.2, 0.25) is 0 Å². The van der Waals surface area contributed by atoms with Crippen LogP contribution in [0.15, 0.2) is 12.4 Å². The van der Waals surface area contributed by atoms with E-state index in [1.54, 1.807) is 6.20 Å². The molecule has 0 aliphatic heterocycles. The van der Waals surface area contributed by atoms with E-state index in [0.29, 0.717) is 5.95 Å². The fraction of sp³-hybridized carbons (Fsp3) is 0.455. The van der Waals surface area contributed by atoms with Crippen LogP contribution in [-0.2, 0) is 20.0 Å². The molecule has 0 unspecified atom stereocenters. The zero-order valence-electron chi connectivity index (χ0n) is 9.94. The summed E-state index contributed by atoms with van der Waals surface area (Å²) < 4.78 is 3.84. The first-order valence-corrected chi connectivity index (χ1v) is 5.40. The van der Waals surface area contributed by atoms with Gasteiger partial charge >= 0.3 is 0 Å². The van der Waals surface area contributed by atoms with Crippen LogP contribution in [0, 0.1) is 6.92 Å². The first-order chi connectivity index (χ1) is 7.61. The lowest BCUT2D eigenvalue weighted by atomic mass is 10.2. The Morgan fingerprint density at radius 3 is 2.75 bits per heavy atom. The summed E-state index contributed by atoms with van der Waals surface area (Å²) in [6.07, 6.45) is 4.76. The zero-order chi connectivity index (χ0) is 11.7. The normalized spacial score (nSPS) is 10.9. The molecule has 0 bridgehead atoms. The van der Waals surface area contributed by atoms with Gasteiger partial charge in [0.1, 0.15) is 0 Å². The van der Waals surface area contributed by atoms with Crippen molar-refractivity contribution in [1.29, 1.82) is 0 Å². The summed E-state index contributed by atoms with van der Waals surface area (Å²) in [5, 5.41) is 4.41. The minimum atomic E-state index is 0.559. The highest BCUT2D eigenvalue weighted by molar-refractivity contribution is 5.26. The van der Waals surface area contributed by atoms with Crippen molar-refractivity contribution in [1.82, 2.24) is 19.3 Å². The Kier molecular flexibility index (Phi) is 2.68. The third kappa shape index (κ3) is 1.80. The van der Waals surface area contributed by atoms with Crippen LogP contribution in [0.5, 0.6) is 0 Å². The van der Waals surface area contributed by atoms with Gasteiger partial charge in [-0.3, -0.25) is 4.68 Å². The van der Waals surface area contributed by atoms with Gasteiger partial charge in [-0.05, 0) is 13.3 Å². The summed E-state index contributed by atoms with van der Waals surface area (Å²) in [6, 6.07) is 0. The van der Waals surface area contributed by atoms with E-state index in [0.717, 1.165) is 24.4 Å². The van der Waals surface area contributed by atoms with Gasteiger partial charge in [0.2, 0.25) is 5.95 Å². The summed E-state index contributed by atoms with van der Waals surface area (Å²) in [5.74, 6) is 0.559. The summed E-state index contributed by atoms with van der Waals surface area (Å²) in [5.41, 5.74) is 9.21. The standard InChI is InChI=1S/C11H17N5/c1-4-10-9(6-15(3)14-10)7-16-8(2)5-13-11(16)12/h5-6H,4,7H2,1-3H3,(H2,12,13). The van der Waals surface area contributed by atoms with Gasteiger partial charge in [-0.2, -0.15) is 5.10 Å². The number of nitrogens with two attached hydrogens (primary N) is 1. The first-order valence-electron chi connectivity index (χ1n) is 5.40. The molecule has 0 radical (unpaired) electrons. The lowest BCUT2D eigenvalue weighted by molar-refractivity contribution is 0.746. The van der Waals surface area contributed by atoms with Gasteiger partial charge in [0.05, 0.1) is 18.4 Å². The number of nitrogen functional groups attached to an aromatic ring is 1. The highest BCUT2D eigenvalue weighted by atomic mass is 15.3. The third-order valence-electron chi connectivity index (χ3n) is 2.74. The van der Waals surface area contributed by atoms with Crippen LogP contribution in [0.1, 0.15) is 23.9 Å². The Hall–Kier alpha value is -1.78. The average Bonchev–Trinajstić information content (AvgIpc) is 2.75. The van der Waals surface area contributed by atoms with Gasteiger partial charge in [-0.15, -0.1) is 0 Å². The number of hydrogen-bond donors (Lipinski definition) is 1. The Morgan fingerprint density at radius 2 is 2.19 bits per heavy atom. The van der Waals surface area contributed by atoms with Crippen molar-refractivity contribution in [2.24, 2.45) is 7.05 Å². The van der Waals surface area contributed by atoms with Crippen molar-refractivity contribution >= 4 is 5.95 Å². The molecule has 5 nitrogen and oxygen atoms in total. The Balaban J connectivity index is 2.33. The molecule has 16 heavy (non-hydrogen) atoms. The largest absolute Gasteiger partial charge is 0.369 e. The lowest BCUT2D eigenvalue weighted by Crippen LogP contribution is -2.07. The number of anilines is 1. The Bertz CT molecular complexity index is 475. The van der Waals surface area contributed by atoms with E-state index in [-0.39, 0.29) is 0 Å². The number of aryl methyl sites for hydroxylation is 3. The van der Waals surface area contributed by atoms with Crippen molar-refractivity contribution in [2.45, 2.75) is 26.8 Å². The highest BCUT2D eigenvalue weighted by Crippen LogP contribution is 2.13. The first kappa shape index (κ1) is 10.7. The molecule has 0 saturated heterocycles. The third-order valence-corrected chi connectivity index (χ3v) is 2.74. The highest BCUT2D eigenvalue weighted by Gasteiger charge is 2.09. The maximum absolute atomic E-state index is 5.81. The molecule has 0 amide bonds. The molecule has 2 aromatic rings. The SMILES string of the molecule is CCc1nn(C)cc1Cn1c(C)cnc1N. The van der Waals surface area contributed by atoms with E-state index < -0.39 is 0 Å². The topological polar surface area (TPSA) is 61.7 Å². The summed E-state index contributed by atoms with van der Waals surface area (Å²) in [6.45, 7) is 4.86. The molecule has 0 atom stereocenters. The second kappa shape index (κ2) is 4.00. The molecule has 0 saturated carbocycles. The van der Waals surface area contributed by atoms with E-state index in [1.165, 1.54) is 5.56 Å². The Morgan fingerprint density at radius 1 is 1.44 bits per heavy atom. The molecule has 0 spiro atoms. The van der Waals surface area contributed by atoms with E-state index in [2.05, 4.69) is 17.0 Å². The molecule has 2 heterocycles. The van der Waals surface area contributed by atoms with E-state index in [1.807, 2.05) is 29.4 Å². The predicted octanol–water partition coefficient (Wildman–Crippen LogP) is 1.12. The fourth-order valence-corrected chi connectivity index (χ4v) is 1.87. The number of imidazole rings is 1. The van der Waals surface area contributed by atoms with E-state index >= 15 is 0 Å². The van der Waals surface area contributed by atoms with Gasteiger partial charge < -0.3 is 10.3 Å². The van der Waals surface area contributed by atoms with Gasteiger partial charge in [0.15, 0.2) is 0 Å². The lowest BCUT2D eigenvalue weighted by Gasteiger charge is -2.06. The number of nitrogens with zero attached hydrogens (tertiary/aromatic N) is 4. The molecule has 0 fully saturated rings. The van der Waals surface area contributed by atoms with Crippen molar-refractivity contribution in [3.8, 4) is 0 Å². The minimum Gasteiger partial charge on any atom is -0.369 e. The van der Waals surface area contributed by atoms with Crippen LogP contribution in [0.4, 0.5) is 5.95 Å². The smallest absolute Gasteiger partial charge is 0.200 e. The number of rotatable bonds is 3. The van der Waals surface area contributed by atoms with Crippen LogP contribution in [0.25, 0.3) is 0 Å². The van der Waals surface area contributed by atoms with Crippen molar-refractivity contribution in [2.75, 3.05) is 5.73 Å². The maximum Gasteiger partial charge on any atom is 0.200 e. The average molecular weight is 219 g/mol. The second-order valence-corrected chi connectivity index (χ2v) is 3.97. The van der Waals surface area contributed by atoms with Crippen molar-refractivity contribution in [3.05, 3.63) is 29.3 Å². The molecular weight excluding hydrogens is 202 g/mol. The molecule has 5 heteroatoms. The van der Waals surface area contributed by atoms with Crippen LogP contribution < -0.4 is 5.73 Å². The van der Waals surface area contributed by atoms with Crippen LogP contribution in [0.3, 0.4) is 0 Å². The predicted molar refractivity (Wildman–Crippen MR) is 63.1 cm³/mol. The van der Waals surface area contributed by atoms with Crippen LogP contribution in [-0.4, -0.2) is 19.3 Å². The van der Waals surface area contributed by atoms with Crippen molar-refractivity contribution < 1.29 is 0 Å². The quantitative estimate of drug-likeness (QED) is 0.841. The number of aromatic nitrogens is 4. The molecular formula is C11H17N5. The van der Waals surface area contributed by atoms with Crippen molar-refractivity contribution in [3.63, 3.8) is 0 Å². The van der Waals surface area contributed by atoms with Crippen LogP contribution >= 0.6 is 0 Å². The summed E-state index contributed by atoms with van der Waals surface area (Å²) in [4.78, 5) is 4.09. The second-order valence-electron chi connectivity index (χ2n) is 3.97. The number of hydrogen-bond acceptors (Lipinski definition) is 3. The molecule has 2 aromatic heterocycles. The molecule has 86 valence electrons. The van der Waals surface area contributed by atoms with E-state index in [4.69, 9.17) is 5.73 Å². The monoisotopic (exact) mass is 219 g/mol. The van der Waals surface area contributed by atoms with E-state index in [9.17, 15) is 0 Å². The maximum atomic E-state index is 5.81. The molecule has 2 N–H and O–H groups in total.